The summed E-state index contributed by atoms with van der Waals surface area (Å²) in [5.74, 6) is 0.735. The van der Waals surface area contributed by atoms with Crippen LogP contribution in [-0.4, -0.2) is 26.9 Å². The molecule has 3 heterocycles. The Kier molecular flexibility index (Phi) is 5.21. The van der Waals surface area contributed by atoms with Gasteiger partial charge in [-0.3, -0.25) is 13.9 Å². The van der Waals surface area contributed by atoms with Crippen LogP contribution in [0.1, 0.15) is 29.8 Å². The van der Waals surface area contributed by atoms with E-state index in [1.165, 1.54) is 11.6 Å². The van der Waals surface area contributed by atoms with Crippen molar-refractivity contribution in [3.8, 4) is 17.0 Å². The monoisotopic (exact) mass is 445 g/mol. The Morgan fingerprint density at radius 1 is 1.06 bits per heavy atom. The molecule has 1 atom stereocenters. The van der Waals surface area contributed by atoms with Gasteiger partial charge in [0.25, 0.3) is 5.56 Å². The predicted molar refractivity (Wildman–Crippen MR) is 128 cm³/mol. The number of hydrogen-bond acceptors (Lipinski definition) is 4. The lowest BCUT2D eigenvalue weighted by Crippen LogP contribution is -2.37. The van der Waals surface area contributed by atoms with Gasteiger partial charge in [-0.15, -0.1) is 0 Å². The van der Waals surface area contributed by atoms with Gasteiger partial charge < -0.3 is 14.0 Å². The minimum atomic E-state index is -0.472. The van der Waals surface area contributed by atoms with Gasteiger partial charge in [-0.05, 0) is 31.5 Å². The van der Waals surface area contributed by atoms with Crippen molar-refractivity contribution in [1.29, 1.82) is 0 Å². The molecule has 0 amide bonds. The fourth-order valence-electron chi connectivity index (χ4n) is 4.89. The highest BCUT2D eigenvalue weighted by Crippen LogP contribution is 2.42. The number of hydrogen-bond donors (Lipinski definition) is 0. The first-order chi connectivity index (χ1) is 15.9. The molecule has 0 saturated carbocycles. The maximum Gasteiger partial charge on any atom is 0.331 e. The molecule has 0 fully saturated rings. The van der Waals surface area contributed by atoms with Crippen LogP contribution < -0.4 is 16.0 Å². The van der Waals surface area contributed by atoms with Crippen molar-refractivity contribution >= 4 is 10.9 Å². The van der Waals surface area contributed by atoms with E-state index in [9.17, 15) is 9.59 Å². The van der Waals surface area contributed by atoms with Crippen LogP contribution in [0.25, 0.3) is 22.2 Å². The van der Waals surface area contributed by atoms with Gasteiger partial charge in [-0.2, -0.15) is 0 Å². The summed E-state index contributed by atoms with van der Waals surface area (Å²) in [4.78, 5) is 26.4. The quantitative estimate of drug-likeness (QED) is 0.482. The molecule has 0 spiro atoms. The molecule has 0 N–H and O–H groups in total. The first kappa shape index (κ1) is 21.3. The molecule has 2 aromatic heterocycles. The number of aromatic nitrogens is 3. The lowest BCUT2D eigenvalue weighted by Gasteiger charge is -2.28. The molecule has 1 aliphatic rings. The average molecular weight is 446 g/mol. The van der Waals surface area contributed by atoms with E-state index < -0.39 is 6.10 Å². The van der Waals surface area contributed by atoms with Crippen LogP contribution in [0.4, 0.5) is 0 Å². The smallest absolute Gasteiger partial charge is 0.331 e. The summed E-state index contributed by atoms with van der Waals surface area (Å²) < 4.78 is 17.1. The van der Waals surface area contributed by atoms with Crippen LogP contribution in [0.5, 0.6) is 5.75 Å². The summed E-state index contributed by atoms with van der Waals surface area (Å²) in [7, 11) is 3.24. The van der Waals surface area contributed by atoms with Gasteiger partial charge >= 0.3 is 5.69 Å². The largest absolute Gasteiger partial charge is 0.493 e. The third kappa shape index (κ3) is 3.23. The van der Waals surface area contributed by atoms with E-state index in [4.69, 9.17) is 9.47 Å². The molecule has 170 valence electrons. The number of aryl methyl sites for hydroxylation is 2. The van der Waals surface area contributed by atoms with E-state index in [1.54, 1.807) is 11.6 Å². The summed E-state index contributed by atoms with van der Waals surface area (Å²) in [5.41, 5.74) is 4.49. The van der Waals surface area contributed by atoms with Crippen molar-refractivity contribution in [2.75, 3.05) is 13.2 Å². The third-order valence-corrected chi connectivity index (χ3v) is 6.35. The van der Waals surface area contributed by atoms with E-state index in [0.717, 1.165) is 33.8 Å². The zero-order valence-electron chi connectivity index (χ0n) is 19.3. The van der Waals surface area contributed by atoms with Crippen molar-refractivity contribution in [1.82, 2.24) is 13.7 Å². The Balaban J connectivity index is 1.93. The van der Waals surface area contributed by atoms with Gasteiger partial charge in [-0.25, -0.2) is 4.79 Å². The number of para-hydroxylation sites is 1. The second kappa shape index (κ2) is 8.08. The maximum atomic E-state index is 13.5. The minimum absolute atomic E-state index is 0.302. The van der Waals surface area contributed by atoms with Gasteiger partial charge in [0.1, 0.15) is 11.9 Å². The maximum absolute atomic E-state index is 13.5. The summed E-state index contributed by atoms with van der Waals surface area (Å²) in [6.45, 7) is 5.56. The van der Waals surface area contributed by atoms with Crippen LogP contribution in [0.15, 0.2) is 58.1 Å². The van der Waals surface area contributed by atoms with Crippen LogP contribution in [0.2, 0.25) is 0 Å². The van der Waals surface area contributed by atoms with Crippen molar-refractivity contribution in [2.24, 2.45) is 14.1 Å². The van der Waals surface area contributed by atoms with Crippen molar-refractivity contribution in [3.63, 3.8) is 0 Å². The molecule has 4 aromatic rings. The van der Waals surface area contributed by atoms with E-state index in [-0.39, 0.29) is 11.2 Å². The standard InChI is InChI=1S/C26H27N3O4/c1-5-32-19-12-7-6-11-18(19)24-23-22-20(25(30)28(4)26(31)27(22)3)21(29(23)13-14-33-24)17-10-8-9-16(2)15-17/h6-12,15,24H,5,13-14H2,1-4H3/t24-/m1/s1. The lowest BCUT2D eigenvalue weighted by atomic mass is 10.0. The summed E-state index contributed by atoms with van der Waals surface area (Å²) in [5, 5.41) is 0.532. The zero-order valence-corrected chi connectivity index (χ0v) is 19.3. The van der Waals surface area contributed by atoms with Gasteiger partial charge in [0.2, 0.25) is 0 Å². The van der Waals surface area contributed by atoms with Crippen LogP contribution in [-0.2, 0) is 25.4 Å². The van der Waals surface area contributed by atoms with E-state index >= 15 is 0 Å². The molecule has 0 bridgehead atoms. The van der Waals surface area contributed by atoms with Crippen molar-refractivity contribution in [2.45, 2.75) is 26.5 Å². The lowest BCUT2D eigenvalue weighted by molar-refractivity contribution is 0.0461. The second-order valence-electron chi connectivity index (χ2n) is 8.41. The number of benzene rings is 2. The van der Waals surface area contributed by atoms with E-state index in [1.807, 2.05) is 56.3 Å². The Hall–Kier alpha value is -3.58. The number of nitrogens with zero attached hydrogens (tertiary/aromatic N) is 3. The highest BCUT2D eigenvalue weighted by molar-refractivity contribution is 5.96. The fourth-order valence-corrected chi connectivity index (χ4v) is 4.89. The molecule has 0 unspecified atom stereocenters. The van der Waals surface area contributed by atoms with Gasteiger partial charge in [0.05, 0.1) is 35.5 Å². The Morgan fingerprint density at radius 2 is 1.85 bits per heavy atom. The van der Waals surface area contributed by atoms with Crippen LogP contribution >= 0.6 is 0 Å². The molecule has 5 rings (SSSR count). The SMILES string of the molecule is CCOc1ccccc1[C@H]1OCCn2c(-c3cccc(C)c3)c3c(=O)n(C)c(=O)n(C)c3c21. The Labute approximate surface area is 191 Å². The molecular formula is C26H27N3O4. The molecule has 0 aliphatic carbocycles. The number of rotatable bonds is 4. The van der Waals surface area contributed by atoms with Crippen LogP contribution in [0.3, 0.4) is 0 Å². The summed E-state index contributed by atoms with van der Waals surface area (Å²) in [6.07, 6.45) is -0.472. The first-order valence-corrected chi connectivity index (χ1v) is 11.2. The number of ether oxygens (including phenoxy) is 2. The topological polar surface area (TPSA) is 67.4 Å². The van der Waals surface area contributed by atoms with Crippen molar-refractivity contribution < 1.29 is 9.47 Å². The van der Waals surface area contributed by atoms with Gasteiger partial charge in [0.15, 0.2) is 0 Å². The normalized spacial score (nSPS) is 15.6. The molecule has 33 heavy (non-hydrogen) atoms. The van der Waals surface area contributed by atoms with Crippen molar-refractivity contribution in [3.05, 3.63) is 86.2 Å². The molecule has 1 aliphatic heterocycles. The molecule has 0 radical (unpaired) electrons. The summed E-state index contributed by atoms with van der Waals surface area (Å²) in [6, 6.07) is 15.9. The van der Waals surface area contributed by atoms with Gasteiger partial charge in [-0.1, -0.05) is 42.0 Å². The second-order valence-corrected chi connectivity index (χ2v) is 8.41. The third-order valence-electron chi connectivity index (χ3n) is 6.35. The highest BCUT2D eigenvalue weighted by Gasteiger charge is 2.34. The molecule has 0 saturated heterocycles. The van der Waals surface area contributed by atoms with E-state index in [2.05, 4.69) is 10.6 Å². The Bertz CT molecular complexity index is 1490. The predicted octanol–water partition coefficient (Wildman–Crippen LogP) is 3.53. The first-order valence-electron chi connectivity index (χ1n) is 11.2. The highest BCUT2D eigenvalue weighted by atomic mass is 16.5. The van der Waals surface area contributed by atoms with Gasteiger partial charge in [0, 0.05) is 26.2 Å². The average Bonchev–Trinajstić information content (AvgIpc) is 3.17. The fraction of sp³-hybridized carbons (Fsp3) is 0.308. The Morgan fingerprint density at radius 3 is 2.61 bits per heavy atom. The molecule has 2 aromatic carbocycles. The minimum Gasteiger partial charge on any atom is -0.493 e. The molecular weight excluding hydrogens is 418 g/mol. The zero-order chi connectivity index (χ0) is 23.3. The van der Waals surface area contributed by atoms with Crippen LogP contribution in [0, 0.1) is 6.92 Å². The molecule has 7 nitrogen and oxygen atoms in total. The number of fused-ring (bicyclic) bond motifs is 3. The summed E-state index contributed by atoms with van der Waals surface area (Å²) >= 11 is 0. The van der Waals surface area contributed by atoms with E-state index in [0.29, 0.717) is 30.7 Å². The molecule has 7 heteroatoms.